The number of benzene rings is 2. The molecule has 0 radical (unpaired) electrons. The van der Waals surface area contributed by atoms with E-state index in [0.717, 1.165) is 11.3 Å². The summed E-state index contributed by atoms with van der Waals surface area (Å²) in [4.78, 5) is 12.8. The van der Waals surface area contributed by atoms with E-state index in [1.807, 2.05) is 31.2 Å². The van der Waals surface area contributed by atoms with Crippen molar-refractivity contribution >= 4 is 27.5 Å². The molecule has 0 bridgehead atoms. The van der Waals surface area contributed by atoms with Crippen LogP contribution in [0.2, 0.25) is 5.02 Å². The van der Waals surface area contributed by atoms with Gasteiger partial charge in [-0.25, -0.2) is 8.42 Å². The van der Waals surface area contributed by atoms with Crippen LogP contribution in [0, 0.1) is 5.92 Å². The SMILES string of the molecule is CCOc1cccc(CNC(=O)[C@H]2CCCN(S(=O)(=O)c3ccc(Cl)cc3)C2)c1. The molecule has 1 amide bonds. The average molecular weight is 437 g/mol. The molecule has 0 aromatic heterocycles. The lowest BCUT2D eigenvalue weighted by Gasteiger charge is -2.31. The van der Waals surface area contributed by atoms with Gasteiger partial charge in [-0.15, -0.1) is 0 Å². The first kappa shape index (κ1) is 21.6. The van der Waals surface area contributed by atoms with E-state index in [1.54, 1.807) is 12.1 Å². The van der Waals surface area contributed by atoms with Gasteiger partial charge >= 0.3 is 0 Å². The van der Waals surface area contributed by atoms with Crippen LogP contribution in [0.15, 0.2) is 53.4 Å². The van der Waals surface area contributed by atoms with Gasteiger partial charge in [0.15, 0.2) is 0 Å². The number of nitrogens with zero attached hydrogens (tertiary/aromatic N) is 1. The second-order valence-corrected chi connectivity index (χ2v) is 9.33. The van der Waals surface area contributed by atoms with E-state index in [2.05, 4.69) is 5.32 Å². The van der Waals surface area contributed by atoms with Gasteiger partial charge in [-0.3, -0.25) is 4.79 Å². The van der Waals surface area contributed by atoms with Gasteiger partial charge in [0.2, 0.25) is 15.9 Å². The summed E-state index contributed by atoms with van der Waals surface area (Å²) in [7, 11) is -3.65. The highest BCUT2D eigenvalue weighted by molar-refractivity contribution is 7.89. The van der Waals surface area contributed by atoms with E-state index in [4.69, 9.17) is 16.3 Å². The highest BCUT2D eigenvalue weighted by Crippen LogP contribution is 2.25. The minimum atomic E-state index is -3.65. The summed E-state index contributed by atoms with van der Waals surface area (Å²) in [6, 6.07) is 13.7. The van der Waals surface area contributed by atoms with Gasteiger partial charge in [0.25, 0.3) is 0 Å². The quantitative estimate of drug-likeness (QED) is 0.721. The molecule has 0 aliphatic carbocycles. The van der Waals surface area contributed by atoms with Crippen LogP contribution in [-0.2, 0) is 21.4 Å². The Morgan fingerprint density at radius 3 is 2.72 bits per heavy atom. The third kappa shape index (κ3) is 5.50. The summed E-state index contributed by atoms with van der Waals surface area (Å²) in [6.45, 7) is 3.46. The third-order valence-electron chi connectivity index (χ3n) is 4.88. The Kier molecular flexibility index (Phi) is 7.16. The second kappa shape index (κ2) is 9.61. The third-order valence-corrected chi connectivity index (χ3v) is 7.01. The molecular formula is C21H25ClN2O4S. The molecule has 0 spiro atoms. The van der Waals surface area contributed by atoms with Gasteiger partial charge in [-0.1, -0.05) is 23.7 Å². The number of carbonyl (C=O) groups is 1. The first-order valence-electron chi connectivity index (χ1n) is 9.65. The smallest absolute Gasteiger partial charge is 0.243 e. The van der Waals surface area contributed by atoms with Gasteiger partial charge in [0.05, 0.1) is 17.4 Å². The number of nitrogens with one attached hydrogen (secondary N) is 1. The molecule has 1 fully saturated rings. The molecule has 6 nitrogen and oxygen atoms in total. The number of hydrogen-bond donors (Lipinski definition) is 1. The maximum absolute atomic E-state index is 12.9. The van der Waals surface area contributed by atoms with Crippen LogP contribution < -0.4 is 10.1 Å². The number of sulfonamides is 1. The number of piperidine rings is 1. The van der Waals surface area contributed by atoms with Crippen LogP contribution in [-0.4, -0.2) is 38.3 Å². The van der Waals surface area contributed by atoms with Gasteiger partial charge in [0, 0.05) is 24.7 Å². The van der Waals surface area contributed by atoms with Crippen molar-refractivity contribution in [2.75, 3.05) is 19.7 Å². The van der Waals surface area contributed by atoms with Gasteiger partial charge in [-0.05, 0) is 61.7 Å². The fraction of sp³-hybridized carbons (Fsp3) is 0.381. The molecule has 0 unspecified atom stereocenters. The fourth-order valence-electron chi connectivity index (χ4n) is 3.38. The normalized spacial score (nSPS) is 17.7. The molecule has 1 saturated heterocycles. The molecule has 1 aliphatic heterocycles. The van der Waals surface area contributed by atoms with Crippen LogP contribution in [0.1, 0.15) is 25.3 Å². The van der Waals surface area contributed by atoms with E-state index in [9.17, 15) is 13.2 Å². The minimum absolute atomic E-state index is 0.136. The Hall–Kier alpha value is -2.09. The number of halogens is 1. The van der Waals surface area contributed by atoms with Gasteiger partial charge in [-0.2, -0.15) is 4.31 Å². The van der Waals surface area contributed by atoms with Crippen molar-refractivity contribution in [1.82, 2.24) is 9.62 Å². The van der Waals surface area contributed by atoms with Crippen molar-refractivity contribution in [3.63, 3.8) is 0 Å². The minimum Gasteiger partial charge on any atom is -0.494 e. The topological polar surface area (TPSA) is 75.7 Å². The summed E-state index contributed by atoms with van der Waals surface area (Å²) < 4.78 is 32.6. The lowest BCUT2D eigenvalue weighted by atomic mass is 9.99. The highest BCUT2D eigenvalue weighted by atomic mass is 35.5. The molecule has 1 N–H and O–H groups in total. The van der Waals surface area contributed by atoms with Crippen LogP contribution >= 0.6 is 11.6 Å². The number of ether oxygens (including phenoxy) is 1. The second-order valence-electron chi connectivity index (χ2n) is 6.95. The van der Waals surface area contributed by atoms with E-state index in [1.165, 1.54) is 16.4 Å². The number of rotatable bonds is 7. The van der Waals surface area contributed by atoms with Gasteiger partial charge in [0.1, 0.15) is 5.75 Å². The van der Waals surface area contributed by atoms with Crippen molar-refractivity contribution in [3.8, 4) is 5.75 Å². The van der Waals surface area contributed by atoms with E-state index in [0.29, 0.717) is 37.6 Å². The van der Waals surface area contributed by atoms with Crippen molar-refractivity contribution in [2.45, 2.75) is 31.2 Å². The van der Waals surface area contributed by atoms with Crippen LogP contribution in [0.4, 0.5) is 0 Å². The van der Waals surface area contributed by atoms with Crippen LogP contribution in [0.5, 0.6) is 5.75 Å². The zero-order valence-corrected chi connectivity index (χ0v) is 17.9. The lowest BCUT2D eigenvalue weighted by molar-refractivity contribution is -0.126. The molecule has 156 valence electrons. The molecule has 1 atom stereocenters. The summed E-state index contributed by atoms with van der Waals surface area (Å²) in [5, 5.41) is 3.40. The summed E-state index contributed by atoms with van der Waals surface area (Å²) in [5.74, 6) is 0.251. The van der Waals surface area contributed by atoms with Crippen LogP contribution in [0.3, 0.4) is 0 Å². The summed E-state index contributed by atoms with van der Waals surface area (Å²) in [6.07, 6.45) is 1.31. The van der Waals surface area contributed by atoms with Crippen molar-refractivity contribution in [3.05, 3.63) is 59.1 Å². The molecule has 3 rings (SSSR count). The number of hydrogen-bond acceptors (Lipinski definition) is 4. The average Bonchev–Trinajstić information content (AvgIpc) is 2.73. The predicted molar refractivity (Wildman–Crippen MR) is 112 cm³/mol. The highest BCUT2D eigenvalue weighted by Gasteiger charge is 2.33. The van der Waals surface area contributed by atoms with Crippen molar-refractivity contribution < 1.29 is 17.9 Å². The maximum Gasteiger partial charge on any atom is 0.243 e. The summed E-state index contributed by atoms with van der Waals surface area (Å²) in [5.41, 5.74) is 0.936. The van der Waals surface area contributed by atoms with Crippen LogP contribution in [0.25, 0.3) is 0 Å². The van der Waals surface area contributed by atoms with Gasteiger partial charge < -0.3 is 10.1 Å². The zero-order valence-electron chi connectivity index (χ0n) is 16.3. The molecule has 1 heterocycles. The predicted octanol–water partition coefficient (Wildman–Crippen LogP) is 3.46. The standard InChI is InChI=1S/C21H25ClN2O4S/c1-2-28-19-7-3-5-16(13-19)14-23-21(25)17-6-4-12-24(15-17)29(26,27)20-10-8-18(22)9-11-20/h3,5,7-11,13,17H,2,4,6,12,14-15H2,1H3,(H,23,25)/t17-/m0/s1. The molecular weight excluding hydrogens is 412 g/mol. The molecule has 1 aliphatic rings. The zero-order chi connectivity index (χ0) is 20.9. The Morgan fingerprint density at radius 1 is 1.24 bits per heavy atom. The Labute approximate surface area is 176 Å². The summed E-state index contributed by atoms with van der Waals surface area (Å²) >= 11 is 5.86. The first-order valence-corrected chi connectivity index (χ1v) is 11.5. The monoisotopic (exact) mass is 436 g/mol. The molecule has 0 saturated carbocycles. The van der Waals surface area contributed by atoms with E-state index in [-0.39, 0.29) is 23.3 Å². The van der Waals surface area contributed by atoms with E-state index < -0.39 is 10.0 Å². The lowest BCUT2D eigenvalue weighted by Crippen LogP contribution is -2.45. The Morgan fingerprint density at radius 2 is 2.00 bits per heavy atom. The maximum atomic E-state index is 12.9. The molecule has 2 aromatic rings. The Bertz CT molecular complexity index is 947. The number of amides is 1. The molecule has 29 heavy (non-hydrogen) atoms. The van der Waals surface area contributed by atoms with Crippen molar-refractivity contribution in [2.24, 2.45) is 5.92 Å². The van der Waals surface area contributed by atoms with E-state index >= 15 is 0 Å². The van der Waals surface area contributed by atoms with Crippen molar-refractivity contribution in [1.29, 1.82) is 0 Å². The Balaban J connectivity index is 1.62. The molecule has 2 aromatic carbocycles. The fourth-order valence-corrected chi connectivity index (χ4v) is 5.03. The largest absolute Gasteiger partial charge is 0.494 e. The number of carbonyl (C=O) groups excluding carboxylic acids is 1. The first-order chi connectivity index (χ1) is 13.9. The molecule has 8 heteroatoms.